The van der Waals surface area contributed by atoms with Crippen LogP contribution < -0.4 is 11.5 Å². The zero-order chi connectivity index (χ0) is 24.2. The third-order valence-electron chi connectivity index (χ3n) is 5.44. The minimum atomic E-state index is -0.993. The molecule has 0 aromatic carbocycles. The molecule has 0 atom stereocenters. The molecule has 0 saturated carbocycles. The van der Waals surface area contributed by atoms with E-state index in [1.54, 1.807) is 12.1 Å². The number of piperidine rings is 1. The molecule has 0 radical (unpaired) electrons. The van der Waals surface area contributed by atoms with Crippen molar-refractivity contribution in [2.45, 2.75) is 19.3 Å². The number of piperazine rings is 1. The van der Waals surface area contributed by atoms with Crippen molar-refractivity contribution in [3.05, 3.63) is 47.8 Å². The first-order valence-corrected chi connectivity index (χ1v) is 11.1. The molecule has 180 valence electrons. The van der Waals surface area contributed by atoms with Gasteiger partial charge in [0.1, 0.15) is 11.6 Å². The third kappa shape index (κ3) is 9.42. The Bertz CT molecular complexity index is 861. The number of hydrogen-bond acceptors (Lipinski definition) is 8. The van der Waals surface area contributed by atoms with E-state index in [4.69, 9.17) is 16.6 Å². The van der Waals surface area contributed by atoms with Crippen LogP contribution in [0.1, 0.15) is 40.0 Å². The zero-order valence-electron chi connectivity index (χ0n) is 19.5. The van der Waals surface area contributed by atoms with E-state index in [-0.39, 0.29) is 11.5 Å². The zero-order valence-corrected chi connectivity index (χ0v) is 19.5. The van der Waals surface area contributed by atoms with Gasteiger partial charge in [0.25, 0.3) is 5.91 Å². The number of likely N-dealkylation sites (tertiary alicyclic amines) is 1. The molecule has 2 saturated heterocycles. The van der Waals surface area contributed by atoms with Crippen LogP contribution in [0, 0.1) is 0 Å². The van der Waals surface area contributed by atoms with E-state index in [1.807, 2.05) is 4.90 Å². The van der Waals surface area contributed by atoms with Gasteiger partial charge >= 0.3 is 5.97 Å². The molecule has 5 N–H and O–H groups in total. The summed E-state index contributed by atoms with van der Waals surface area (Å²) in [5.41, 5.74) is 11.5. The Morgan fingerprint density at radius 2 is 1.24 bits per heavy atom. The van der Waals surface area contributed by atoms with Crippen molar-refractivity contribution in [1.29, 1.82) is 0 Å². The fraction of sp³-hybridized carbons (Fsp3) is 0.478. The molecule has 2 aromatic rings. The van der Waals surface area contributed by atoms with Gasteiger partial charge in [0.15, 0.2) is 0 Å². The van der Waals surface area contributed by atoms with Crippen LogP contribution in [0.4, 0.5) is 11.6 Å². The molecule has 10 nitrogen and oxygen atoms in total. The SMILES string of the molecule is CN1CCCCC1.CN1CCN(C(=O)c2ccc(N)nc2)CC1.Nc1ccc(C(=O)O)cn1. The maximum Gasteiger partial charge on any atom is 0.337 e. The van der Waals surface area contributed by atoms with Gasteiger partial charge in [0, 0.05) is 38.6 Å². The number of nitrogen functional groups attached to an aromatic ring is 2. The monoisotopic (exact) mass is 457 g/mol. The van der Waals surface area contributed by atoms with Crippen LogP contribution in [-0.4, -0.2) is 95.0 Å². The summed E-state index contributed by atoms with van der Waals surface area (Å²) in [6.07, 6.45) is 7.03. The Morgan fingerprint density at radius 3 is 1.64 bits per heavy atom. The smallest absolute Gasteiger partial charge is 0.337 e. The van der Waals surface area contributed by atoms with Crippen molar-refractivity contribution in [1.82, 2.24) is 24.7 Å². The molecule has 4 heterocycles. The number of aromatic nitrogens is 2. The molecule has 0 bridgehead atoms. The second-order valence-corrected chi connectivity index (χ2v) is 8.21. The second kappa shape index (κ2) is 13.3. The van der Waals surface area contributed by atoms with Crippen LogP contribution >= 0.6 is 0 Å². The number of carboxylic acid groups (broad SMARTS) is 1. The van der Waals surface area contributed by atoms with Crippen LogP contribution in [-0.2, 0) is 0 Å². The summed E-state index contributed by atoms with van der Waals surface area (Å²) >= 11 is 0. The van der Waals surface area contributed by atoms with E-state index in [2.05, 4.69) is 33.9 Å². The standard InChI is InChI=1S/C11H16N4O.C6H6N2O2.C6H13N/c1-14-4-6-15(7-5-14)11(16)9-2-3-10(12)13-8-9;7-5-2-1-4(3-8-5)6(9)10;1-7-5-3-2-4-6-7/h2-3,8H,4-7H2,1H3,(H2,12,13);1-3H,(H2,7,8)(H,9,10);2-6H2,1H3. The number of likely N-dealkylation sites (N-methyl/N-ethyl adjacent to an activating group) is 1. The van der Waals surface area contributed by atoms with Crippen molar-refractivity contribution in [2.75, 3.05) is 64.8 Å². The summed E-state index contributed by atoms with van der Waals surface area (Å²) in [4.78, 5) is 36.3. The molecular weight excluding hydrogens is 422 g/mol. The van der Waals surface area contributed by atoms with E-state index in [1.165, 1.54) is 56.9 Å². The van der Waals surface area contributed by atoms with Crippen molar-refractivity contribution in [3.8, 4) is 0 Å². The molecule has 0 spiro atoms. The Morgan fingerprint density at radius 1 is 0.758 bits per heavy atom. The lowest BCUT2D eigenvalue weighted by Crippen LogP contribution is -2.47. The van der Waals surface area contributed by atoms with E-state index in [0.29, 0.717) is 17.2 Å². The minimum Gasteiger partial charge on any atom is -0.478 e. The largest absolute Gasteiger partial charge is 0.478 e. The molecule has 4 rings (SSSR count). The van der Waals surface area contributed by atoms with Crippen LogP contribution in [0.3, 0.4) is 0 Å². The van der Waals surface area contributed by atoms with Crippen LogP contribution in [0.15, 0.2) is 36.7 Å². The van der Waals surface area contributed by atoms with Crippen LogP contribution in [0.5, 0.6) is 0 Å². The number of carbonyl (C=O) groups excluding carboxylic acids is 1. The maximum absolute atomic E-state index is 12.0. The molecule has 2 aliphatic heterocycles. The van der Waals surface area contributed by atoms with Gasteiger partial charge in [0.05, 0.1) is 11.1 Å². The number of carbonyl (C=O) groups is 2. The average Bonchev–Trinajstić information content (AvgIpc) is 2.81. The number of rotatable bonds is 2. The Hall–Kier alpha value is -3.24. The fourth-order valence-electron chi connectivity index (χ4n) is 3.31. The highest BCUT2D eigenvalue weighted by Gasteiger charge is 2.20. The summed E-state index contributed by atoms with van der Waals surface area (Å²) in [6.45, 7) is 6.04. The van der Waals surface area contributed by atoms with Gasteiger partial charge in [-0.2, -0.15) is 0 Å². The predicted octanol–water partition coefficient (Wildman–Crippen LogP) is 1.52. The number of carboxylic acids is 1. The van der Waals surface area contributed by atoms with Crippen molar-refractivity contribution >= 4 is 23.5 Å². The van der Waals surface area contributed by atoms with Crippen LogP contribution in [0.2, 0.25) is 0 Å². The van der Waals surface area contributed by atoms with Gasteiger partial charge in [-0.15, -0.1) is 0 Å². The summed E-state index contributed by atoms with van der Waals surface area (Å²) in [5.74, 6) is -0.187. The lowest BCUT2D eigenvalue weighted by atomic mass is 10.1. The molecule has 0 aliphatic carbocycles. The Labute approximate surface area is 195 Å². The highest BCUT2D eigenvalue weighted by molar-refractivity contribution is 5.94. The molecule has 10 heteroatoms. The number of aromatic carboxylic acids is 1. The highest BCUT2D eigenvalue weighted by Crippen LogP contribution is 2.08. The second-order valence-electron chi connectivity index (χ2n) is 8.21. The normalized spacial score (nSPS) is 16.6. The number of anilines is 2. The van der Waals surface area contributed by atoms with Crippen molar-refractivity contribution < 1.29 is 14.7 Å². The molecule has 2 aromatic heterocycles. The number of nitrogens with zero attached hydrogens (tertiary/aromatic N) is 5. The Balaban J connectivity index is 0.000000193. The van der Waals surface area contributed by atoms with E-state index >= 15 is 0 Å². The summed E-state index contributed by atoms with van der Waals surface area (Å²) in [5, 5.41) is 8.39. The first-order valence-electron chi connectivity index (χ1n) is 11.1. The van der Waals surface area contributed by atoms with Gasteiger partial charge < -0.3 is 31.3 Å². The van der Waals surface area contributed by atoms with Crippen molar-refractivity contribution in [2.24, 2.45) is 0 Å². The molecule has 2 fully saturated rings. The quantitative estimate of drug-likeness (QED) is 0.611. The van der Waals surface area contributed by atoms with E-state index in [9.17, 15) is 9.59 Å². The fourth-order valence-corrected chi connectivity index (χ4v) is 3.31. The lowest BCUT2D eigenvalue weighted by molar-refractivity contribution is 0.0661. The van der Waals surface area contributed by atoms with E-state index in [0.717, 1.165) is 26.2 Å². The lowest BCUT2D eigenvalue weighted by Gasteiger charge is -2.32. The highest BCUT2D eigenvalue weighted by atomic mass is 16.4. The number of pyridine rings is 2. The maximum atomic E-state index is 12.0. The van der Waals surface area contributed by atoms with Gasteiger partial charge in [-0.3, -0.25) is 4.79 Å². The number of nitrogens with two attached hydrogens (primary N) is 2. The van der Waals surface area contributed by atoms with Crippen molar-refractivity contribution in [3.63, 3.8) is 0 Å². The minimum absolute atomic E-state index is 0.0422. The molecular formula is C23H35N7O3. The Kier molecular flexibility index (Phi) is 10.5. The summed E-state index contributed by atoms with van der Waals surface area (Å²) < 4.78 is 0. The predicted molar refractivity (Wildman–Crippen MR) is 129 cm³/mol. The average molecular weight is 458 g/mol. The van der Waals surface area contributed by atoms with Crippen LogP contribution in [0.25, 0.3) is 0 Å². The first-order chi connectivity index (χ1) is 15.8. The van der Waals surface area contributed by atoms with Gasteiger partial charge in [-0.05, 0) is 64.3 Å². The van der Waals surface area contributed by atoms with Gasteiger partial charge in [-0.1, -0.05) is 6.42 Å². The molecule has 33 heavy (non-hydrogen) atoms. The number of hydrogen-bond donors (Lipinski definition) is 3. The molecule has 1 amide bonds. The van der Waals surface area contributed by atoms with Gasteiger partial charge in [0.2, 0.25) is 0 Å². The third-order valence-corrected chi connectivity index (χ3v) is 5.44. The first kappa shape index (κ1) is 26.0. The topological polar surface area (TPSA) is 142 Å². The van der Waals surface area contributed by atoms with Gasteiger partial charge in [-0.25, -0.2) is 14.8 Å². The molecule has 2 aliphatic rings. The summed E-state index contributed by atoms with van der Waals surface area (Å²) in [6, 6.07) is 6.24. The summed E-state index contributed by atoms with van der Waals surface area (Å²) in [7, 11) is 4.26. The molecule has 0 unspecified atom stereocenters. The van der Waals surface area contributed by atoms with E-state index < -0.39 is 5.97 Å². The number of amides is 1.